The van der Waals surface area contributed by atoms with Gasteiger partial charge in [-0.3, -0.25) is 9.59 Å². The Morgan fingerprint density at radius 2 is 1.77 bits per heavy atom. The van der Waals surface area contributed by atoms with Crippen molar-refractivity contribution in [2.45, 2.75) is 11.4 Å². The maximum atomic E-state index is 13.3. The second-order valence-corrected chi connectivity index (χ2v) is 8.82. The number of carbonyl (C=O) groups excluding carboxylic acids is 2. The minimum absolute atomic E-state index is 0.115. The van der Waals surface area contributed by atoms with E-state index >= 15 is 0 Å². The summed E-state index contributed by atoms with van der Waals surface area (Å²) < 4.78 is 29.1. The molecule has 9 nitrogen and oxygen atoms in total. The topological polar surface area (TPSA) is 122 Å². The van der Waals surface area contributed by atoms with Crippen molar-refractivity contribution in [3.8, 4) is 0 Å². The van der Waals surface area contributed by atoms with Crippen molar-refractivity contribution in [1.29, 1.82) is 0 Å². The molecular weight excluding hydrogens is 420 g/mol. The molecule has 166 valence electrons. The van der Waals surface area contributed by atoms with E-state index in [4.69, 9.17) is 9.88 Å². The number of nitrogens with zero attached hydrogens (tertiary/aromatic N) is 2. The molecule has 2 aromatic carbocycles. The van der Waals surface area contributed by atoms with Crippen molar-refractivity contribution < 1.29 is 22.7 Å². The zero-order chi connectivity index (χ0) is 22.6. The van der Waals surface area contributed by atoms with Gasteiger partial charge in [0.2, 0.25) is 10.0 Å². The Morgan fingerprint density at radius 1 is 1.13 bits per heavy atom. The van der Waals surface area contributed by atoms with Crippen LogP contribution in [0.2, 0.25) is 0 Å². The van der Waals surface area contributed by atoms with Crippen LogP contribution < -0.4 is 15.4 Å². The molecule has 0 unspecified atom stereocenters. The number of morpholine rings is 1. The van der Waals surface area contributed by atoms with E-state index in [1.165, 1.54) is 17.0 Å². The number of primary sulfonamides is 1. The van der Waals surface area contributed by atoms with E-state index in [2.05, 4.69) is 5.32 Å². The van der Waals surface area contributed by atoms with Gasteiger partial charge in [0.05, 0.1) is 23.7 Å². The van der Waals surface area contributed by atoms with E-state index in [1.807, 2.05) is 4.90 Å². The van der Waals surface area contributed by atoms with Gasteiger partial charge in [0.15, 0.2) is 0 Å². The molecule has 0 saturated carbocycles. The van der Waals surface area contributed by atoms with Crippen LogP contribution in [0, 0.1) is 0 Å². The number of anilines is 1. The van der Waals surface area contributed by atoms with Crippen molar-refractivity contribution in [1.82, 2.24) is 10.2 Å². The minimum atomic E-state index is -3.96. The fraction of sp³-hybridized carbons (Fsp3) is 0.333. The van der Waals surface area contributed by atoms with E-state index in [1.54, 1.807) is 44.4 Å². The van der Waals surface area contributed by atoms with Crippen LogP contribution in [0.3, 0.4) is 0 Å². The first-order valence-corrected chi connectivity index (χ1v) is 11.3. The van der Waals surface area contributed by atoms with Gasteiger partial charge in [0.1, 0.15) is 0 Å². The number of benzene rings is 2. The number of nitrogens with one attached hydrogen (secondary N) is 1. The van der Waals surface area contributed by atoms with E-state index in [9.17, 15) is 18.0 Å². The molecule has 31 heavy (non-hydrogen) atoms. The monoisotopic (exact) mass is 446 g/mol. The standard InChI is InChI=1S/C21H26N4O5S/c1-23-20(26)16-5-3-15(4-6-16)14-24(2)21(27)18-13-17(31(22,28)29)7-8-19(18)25-9-11-30-12-10-25/h3-8,13H,9-12,14H2,1-2H3,(H,23,26)(H2,22,28,29). The van der Waals surface area contributed by atoms with Crippen LogP contribution in [0.1, 0.15) is 26.3 Å². The maximum Gasteiger partial charge on any atom is 0.256 e. The SMILES string of the molecule is CNC(=O)c1ccc(CN(C)C(=O)c2cc(S(N)(=O)=O)ccc2N2CCOCC2)cc1. The maximum absolute atomic E-state index is 13.3. The first-order valence-electron chi connectivity index (χ1n) is 9.76. The highest BCUT2D eigenvalue weighted by molar-refractivity contribution is 7.89. The Morgan fingerprint density at radius 3 is 2.35 bits per heavy atom. The quantitative estimate of drug-likeness (QED) is 0.677. The summed E-state index contributed by atoms with van der Waals surface area (Å²) in [6.07, 6.45) is 0. The highest BCUT2D eigenvalue weighted by Gasteiger charge is 2.24. The van der Waals surface area contributed by atoms with Crippen LogP contribution in [-0.2, 0) is 21.3 Å². The molecule has 2 aromatic rings. The third kappa shape index (κ3) is 5.40. The summed E-state index contributed by atoms with van der Waals surface area (Å²) >= 11 is 0. The van der Waals surface area contributed by atoms with Gasteiger partial charge in [-0.2, -0.15) is 0 Å². The molecule has 3 rings (SSSR count). The number of sulfonamides is 1. The van der Waals surface area contributed by atoms with E-state index < -0.39 is 10.0 Å². The van der Waals surface area contributed by atoms with Crippen LogP contribution in [0.4, 0.5) is 5.69 Å². The van der Waals surface area contributed by atoms with Gasteiger partial charge in [-0.25, -0.2) is 13.6 Å². The summed E-state index contributed by atoms with van der Waals surface area (Å²) in [6, 6.07) is 11.3. The highest BCUT2D eigenvalue weighted by atomic mass is 32.2. The molecule has 3 N–H and O–H groups in total. The lowest BCUT2D eigenvalue weighted by molar-refractivity contribution is 0.0783. The van der Waals surface area contributed by atoms with Crippen molar-refractivity contribution in [2.24, 2.45) is 5.14 Å². The van der Waals surface area contributed by atoms with E-state index in [0.29, 0.717) is 37.6 Å². The zero-order valence-electron chi connectivity index (χ0n) is 17.5. The lowest BCUT2D eigenvalue weighted by Crippen LogP contribution is -2.38. The molecule has 0 aromatic heterocycles. The third-order valence-corrected chi connectivity index (χ3v) is 6.00. The number of ether oxygens (including phenoxy) is 1. The molecule has 1 aliphatic heterocycles. The third-order valence-electron chi connectivity index (χ3n) is 5.09. The fourth-order valence-corrected chi connectivity index (χ4v) is 3.94. The predicted molar refractivity (Wildman–Crippen MR) is 116 cm³/mol. The molecular formula is C21H26N4O5S. The Hall–Kier alpha value is -2.95. The van der Waals surface area contributed by atoms with Crippen molar-refractivity contribution >= 4 is 27.5 Å². The molecule has 0 atom stereocenters. The van der Waals surface area contributed by atoms with Gasteiger partial charge in [0.25, 0.3) is 11.8 Å². The molecule has 1 saturated heterocycles. The van der Waals surface area contributed by atoms with Crippen LogP contribution in [0.15, 0.2) is 47.4 Å². The van der Waals surface area contributed by atoms with Crippen molar-refractivity contribution in [3.63, 3.8) is 0 Å². The molecule has 0 bridgehead atoms. The molecule has 1 fully saturated rings. The summed E-state index contributed by atoms with van der Waals surface area (Å²) in [4.78, 5) is 28.4. The summed E-state index contributed by atoms with van der Waals surface area (Å²) in [6.45, 7) is 2.53. The fourth-order valence-electron chi connectivity index (χ4n) is 3.40. The van der Waals surface area contributed by atoms with Gasteiger partial charge in [0, 0.05) is 45.0 Å². The smallest absolute Gasteiger partial charge is 0.256 e. The molecule has 0 spiro atoms. The van der Waals surface area contributed by atoms with Crippen LogP contribution in [0.25, 0.3) is 0 Å². The lowest BCUT2D eigenvalue weighted by Gasteiger charge is -2.31. The first-order chi connectivity index (χ1) is 14.7. The summed E-state index contributed by atoms with van der Waals surface area (Å²) in [5.74, 6) is -0.520. The summed E-state index contributed by atoms with van der Waals surface area (Å²) in [5.41, 5.74) is 2.26. The first kappa shape index (κ1) is 22.7. The predicted octanol–water partition coefficient (Wildman–Crippen LogP) is 0.802. The minimum Gasteiger partial charge on any atom is -0.378 e. The largest absolute Gasteiger partial charge is 0.378 e. The molecule has 10 heteroatoms. The Kier molecular flexibility index (Phi) is 6.94. The van der Waals surface area contributed by atoms with Gasteiger partial charge in [-0.1, -0.05) is 12.1 Å². The average molecular weight is 447 g/mol. The van der Waals surface area contributed by atoms with Gasteiger partial charge in [-0.15, -0.1) is 0 Å². The highest BCUT2D eigenvalue weighted by Crippen LogP contribution is 2.26. The average Bonchev–Trinajstić information content (AvgIpc) is 2.78. The Bertz CT molecular complexity index is 1060. The number of amides is 2. The molecule has 1 aliphatic rings. The summed E-state index contributed by atoms with van der Waals surface area (Å²) in [7, 11) is -0.758. The second kappa shape index (κ2) is 9.46. The number of hydrogen-bond acceptors (Lipinski definition) is 6. The number of nitrogens with two attached hydrogens (primary N) is 1. The van der Waals surface area contributed by atoms with Crippen LogP contribution >= 0.6 is 0 Å². The molecule has 2 amide bonds. The van der Waals surface area contributed by atoms with Crippen molar-refractivity contribution in [2.75, 3.05) is 45.3 Å². The van der Waals surface area contributed by atoms with Gasteiger partial charge < -0.3 is 19.9 Å². The van der Waals surface area contributed by atoms with Gasteiger partial charge >= 0.3 is 0 Å². The lowest BCUT2D eigenvalue weighted by atomic mass is 10.1. The van der Waals surface area contributed by atoms with Crippen LogP contribution in [0.5, 0.6) is 0 Å². The molecule has 0 radical (unpaired) electrons. The molecule has 1 heterocycles. The van der Waals surface area contributed by atoms with E-state index in [-0.39, 0.29) is 28.8 Å². The van der Waals surface area contributed by atoms with Crippen LogP contribution in [-0.4, -0.2) is 65.5 Å². The normalized spacial score (nSPS) is 14.2. The Balaban J connectivity index is 1.88. The summed E-state index contributed by atoms with van der Waals surface area (Å²) in [5, 5.41) is 7.84. The zero-order valence-corrected chi connectivity index (χ0v) is 18.3. The molecule has 0 aliphatic carbocycles. The van der Waals surface area contributed by atoms with Gasteiger partial charge in [-0.05, 0) is 35.9 Å². The van der Waals surface area contributed by atoms with Crippen molar-refractivity contribution in [3.05, 3.63) is 59.2 Å². The second-order valence-electron chi connectivity index (χ2n) is 7.26. The number of hydrogen-bond donors (Lipinski definition) is 2. The Labute approximate surface area is 181 Å². The number of rotatable bonds is 6. The van der Waals surface area contributed by atoms with E-state index in [0.717, 1.165) is 5.56 Å². The number of carbonyl (C=O) groups is 2.